The minimum atomic E-state index is -0.976. The van der Waals surface area contributed by atoms with Gasteiger partial charge in [-0.2, -0.15) is 0 Å². The van der Waals surface area contributed by atoms with Crippen molar-refractivity contribution in [1.29, 1.82) is 0 Å². The molecule has 35 heavy (non-hydrogen) atoms. The highest BCUT2D eigenvalue weighted by molar-refractivity contribution is 5.90. The Morgan fingerprint density at radius 1 is 0.771 bits per heavy atom. The molecule has 0 spiro atoms. The zero-order chi connectivity index (χ0) is 24.0. The smallest absolute Gasteiger partial charge is 0.328 e. The van der Waals surface area contributed by atoms with Crippen molar-refractivity contribution in [3.05, 3.63) is 126 Å². The zero-order valence-corrected chi connectivity index (χ0v) is 19.0. The van der Waals surface area contributed by atoms with Crippen LogP contribution in [0.1, 0.15) is 11.1 Å². The van der Waals surface area contributed by atoms with Gasteiger partial charge >= 0.3 is 5.97 Å². The summed E-state index contributed by atoms with van der Waals surface area (Å²) in [5, 5.41) is 10.1. The first-order valence-corrected chi connectivity index (χ1v) is 11.3. The third-order valence-electron chi connectivity index (χ3n) is 5.76. The fraction of sp³-hybridized carbons (Fsp3) is 0.0323. The van der Waals surface area contributed by atoms with Crippen LogP contribution in [0.4, 0.5) is 0 Å². The quantitative estimate of drug-likeness (QED) is 0.262. The van der Waals surface area contributed by atoms with Gasteiger partial charge in [-0.15, -0.1) is 0 Å². The van der Waals surface area contributed by atoms with Crippen LogP contribution in [0.2, 0.25) is 0 Å². The van der Waals surface area contributed by atoms with Gasteiger partial charge in [-0.3, -0.25) is 0 Å². The van der Waals surface area contributed by atoms with E-state index in [9.17, 15) is 4.79 Å². The lowest BCUT2D eigenvalue weighted by atomic mass is 9.95. The fourth-order valence-corrected chi connectivity index (χ4v) is 4.06. The number of hydrogen-bond donors (Lipinski definition) is 1. The predicted molar refractivity (Wildman–Crippen MR) is 140 cm³/mol. The first-order chi connectivity index (χ1) is 17.2. The number of fused-ring (bicyclic) bond motifs is 1. The van der Waals surface area contributed by atoms with Gasteiger partial charge in [-0.1, -0.05) is 91.0 Å². The molecule has 0 saturated carbocycles. The Kier molecular flexibility index (Phi) is 6.35. The van der Waals surface area contributed by atoms with Gasteiger partial charge in [0, 0.05) is 17.0 Å². The molecule has 1 heterocycles. The molecule has 0 fully saturated rings. The number of carboxylic acids is 1. The summed E-state index contributed by atoms with van der Waals surface area (Å²) in [6.07, 6.45) is 2.78. The maximum atomic E-state index is 11.1. The second kappa shape index (κ2) is 10.1. The first-order valence-electron chi connectivity index (χ1n) is 11.3. The van der Waals surface area contributed by atoms with E-state index in [1.807, 2.05) is 97.1 Å². The van der Waals surface area contributed by atoms with Crippen molar-refractivity contribution < 1.29 is 14.6 Å². The number of rotatable bonds is 7. The van der Waals surface area contributed by atoms with E-state index in [2.05, 4.69) is 12.1 Å². The maximum Gasteiger partial charge on any atom is 0.328 e. The molecule has 5 aromatic rings. The molecule has 0 saturated heterocycles. The molecule has 0 aliphatic carbocycles. The Balaban J connectivity index is 1.58. The van der Waals surface area contributed by atoms with E-state index < -0.39 is 5.97 Å². The Morgan fingerprint density at radius 3 is 2.31 bits per heavy atom. The number of carboxylic acid groups (broad SMARTS) is 1. The van der Waals surface area contributed by atoms with Gasteiger partial charge in [0.05, 0.1) is 5.52 Å². The SMILES string of the molecule is O=C(O)/C=C\c1ccccc1-c1cccc(-c2cc3ccccc3nc2OCc2ccccc2)c1. The Labute approximate surface area is 203 Å². The summed E-state index contributed by atoms with van der Waals surface area (Å²) in [7, 11) is 0. The van der Waals surface area contributed by atoms with Crippen molar-refractivity contribution in [2.75, 3.05) is 0 Å². The number of hydrogen-bond acceptors (Lipinski definition) is 3. The molecule has 0 bridgehead atoms. The third kappa shape index (κ3) is 5.12. The van der Waals surface area contributed by atoms with E-state index in [1.54, 1.807) is 6.08 Å². The summed E-state index contributed by atoms with van der Waals surface area (Å²) < 4.78 is 6.23. The molecule has 4 heteroatoms. The number of aromatic nitrogens is 1. The number of ether oxygens (including phenoxy) is 1. The Morgan fingerprint density at radius 2 is 1.49 bits per heavy atom. The number of pyridine rings is 1. The van der Waals surface area contributed by atoms with E-state index in [1.165, 1.54) is 0 Å². The van der Waals surface area contributed by atoms with Crippen molar-refractivity contribution in [1.82, 2.24) is 4.98 Å². The van der Waals surface area contributed by atoms with Crippen LogP contribution in [0.15, 0.2) is 115 Å². The van der Waals surface area contributed by atoms with E-state index in [0.717, 1.165) is 50.4 Å². The maximum absolute atomic E-state index is 11.1. The van der Waals surface area contributed by atoms with Crippen LogP contribution in [-0.4, -0.2) is 16.1 Å². The van der Waals surface area contributed by atoms with Gasteiger partial charge < -0.3 is 9.84 Å². The van der Waals surface area contributed by atoms with Crippen molar-refractivity contribution in [3.63, 3.8) is 0 Å². The minimum Gasteiger partial charge on any atom is -0.478 e. The molecule has 0 radical (unpaired) electrons. The first kappa shape index (κ1) is 22.1. The number of carbonyl (C=O) groups is 1. The van der Waals surface area contributed by atoms with E-state index >= 15 is 0 Å². The van der Waals surface area contributed by atoms with Crippen LogP contribution in [0.3, 0.4) is 0 Å². The second-order valence-electron chi connectivity index (χ2n) is 8.15. The van der Waals surface area contributed by atoms with E-state index in [-0.39, 0.29) is 0 Å². The molecule has 170 valence electrons. The lowest BCUT2D eigenvalue weighted by Gasteiger charge is -2.14. The monoisotopic (exact) mass is 457 g/mol. The summed E-state index contributed by atoms with van der Waals surface area (Å²) in [5.41, 5.74) is 6.59. The molecule has 0 amide bonds. The van der Waals surface area contributed by atoms with Gasteiger partial charge in [0.1, 0.15) is 6.61 Å². The molecule has 4 aromatic carbocycles. The predicted octanol–water partition coefficient (Wildman–Crippen LogP) is 7.25. The summed E-state index contributed by atoms with van der Waals surface area (Å²) >= 11 is 0. The van der Waals surface area contributed by atoms with E-state index in [0.29, 0.717) is 12.5 Å². The average molecular weight is 458 g/mol. The van der Waals surface area contributed by atoms with Crippen LogP contribution in [0.25, 0.3) is 39.2 Å². The Hall–Kier alpha value is -4.70. The minimum absolute atomic E-state index is 0.418. The molecule has 0 aliphatic rings. The summed E-state index contributed by atoms with van der Waals surface area (Å²) in [6, 6.07) is 36.0. The fourth-order valence-electron chi connectivity index (χ4n) is 4.06. The Bertz CT molecular complexity index is 1520. The highest BCUT2D eigenvalue weighted by atomic mass is 16.5. The highest BCUT2D eigenvalue weighted by Gasteiger charge is 2.13. The standard InChI is InChI=1S/C31H23NO3/c33-30(34)18-17-23-11-4-6-15-27(23)24-13-8-14-25(19-24)28-20-26-12-5-7-16-29(26)32-31(28)35-21-22-9-2-1-3-10-22/h1-20H,21H2,(H,33,34)/b18-17-. The van der Waals surface area contributed by atoms with Crippen LogP contribution < -0.4 is 4.74 Å². The molecule has 1 aromatic heterocycles. The van der Waals surface area contributed by atoms with E-state index in [4.69, 9.17) is 14.8 Å². The molecular formula is C31H23NO3. The van der Waals surface area contributed by atoms with Crippen molar-refractivity contribution in [2.24, 2.45) is 0 Å². The molecule has 4 nitrogen and oxygen atoms in total. The summed E-state index contributed by atoms with van der Waals surface area (Å²) in [4.78, 5) is 15.9. The number of aliphatic carboxylic acids is 1. The normalized spacial score (nSPS) is 11.1. The average Bonchev–Trinajstić information content (AvgIpc) is 2.91. The van der Waals surface area contributed by atoms with Gasteiger partial charge in [0.25, 0.3) is 0 Å². The lowest BCUT2D eigenvalue weighted by molar-refractivity contribution is -0.131. The van der Waals surface area contributed by atoms with Gasteiger partial charge in [-0.05, 0) is 52.1 Å². The van der Waals surface area contributed by atoms with Crippen molar-refractivity contribution >= 4 is 22.9 Å². The zero-order valence-electron chi connectivity index (χ0n) is 19.0. The number of benzene rings is 4. The van der Waals surface area contributed by atoms with Crippen LogP contribution in [0.5, 0.6) is 5.88 Å². The van der Waals surface area contributed by atoms with Gasteiger partial charge in [0.15, 0.2) is 0 Å². The van der Waals surface area contributed by atoms with Crippen LogP contribution >= 0.6 is 0 Å². The topological polar surface area (TPSA) is 59.4 Å². The highest BCUT2D eigenvalue weighted by Crippen LogP contribution is 2.35. The molecule has 0 aliphatic heterocycles. The molecule has 0 atom stereocenters. The third-order valence-corrected chi connectivity index (χ3v) is 5.76. The second-order valence-corrected chi connectivity index (χ2v) is 8.15. The summed E-state index contributed by atoms with van der Waals surface area (Å²) in [6.45, 7) is 0.418. The van der Waals surface area contributed by atoms with Crippen LogP contribution in [0, 0.1) is 0 Å². The molecule has 1 N–H and O–H groups in total. The molecule has 5 rings (SSSR count). The molecular weight excluding hydrogens is 434 g/mol. The van der Waals surface area contributed by atoms with Gasteiger partial charge in [0.2, 0.25) is 5.88 Å². The van der Waals surface area contributed by atoms with Gasteiger partial charge in [-0.25, -0.2) is 9.78 Å². The number of nitrogens with zero attached hydrogens (tertiary/aromatic N) is 1. The summed E-state index contributed by atoms with van der Waals surface area (Å²) in [5.74, 6) is -0.403. The number of para-hydroxylation sites is 1. The lowest BCUT2D eigenvalue weighted by Crippen LogP contribution is -2.00. The van der Waals surface area contributed by atoms with Crippen molar-refractivity contribution in [3.8, 4) is 28.1 Å². The van der Waals surface area contributed by atoms with Crippen molar-refractivity contribution in [2.45, 2.75) is 6.61 Å². The largest absolute Gasteiger partial charge is 0.478 e. The van der Waals surface area contributed by atoms with Crippen LogP contribution in [-0.2, 0) is 11.4 Å². The molecule has 0 unspecified atom stereocenters.